The Labute approximate surface area is 192 Å². The van der Waals surface area contributed by atoms with Gasteiger partial charge in [-0.2, -0.15) is 13.2 Å². The van der Waals surface area contributed by atoms with Crippen LogP contribution in [-0.4, -0.2) is 28.7 Å². The van der Waals surface area contributed by atoms with E-state index in [-0.39, 0.29) is 33.4 Å². The van der Waals surface area contributed by atoms with Gasteiger partial charge in [-0.25, -0.2) is 9.78 Å². The van der Waals surface area contributed by atoms with Crippen molar-refractivity contribution < 1.29 is 22.7 Å². The first-order chi connectivity index (χ1) is 14.2. The molecule has 0 aliphatic carbocycles. The Morgan fingerprint density at radius 1 is 1.37 bits per heavy atom. The molecule has 1 aromatic heterocycles. The summed E-state index contributed by atoms with van der Waals surface area (Å²) in [6.07, 6.45) is -4.58. The lowest BCUT2D eigenvalue weighted by atomic mass is 9.96. The number of alkyl halides is 4. The average molecular weight is 543 g/mol. The van der Waals surface area contributed by atoms with Crippen molar-refractivity contribution in [2.75, 3.05) is 11.9 Å². The molecule has 1 atom stereocenters. The third-order valence-corrected chi connectivity index (χ3v) is 5.98. The lowest BCUT2D eigenvalue weighted by molar-refractivity contribution is -0.141. The van der Waals surface area contributed by atoms with Gasteiger partial charge >= 0.3 is 12.1 Å². The van der Waals surface area contributed by atoms with E-state index >= 15 is 0 Å². The smallest absolute Gasteiger partial charge is 0.434 e. The van der Waals surface area contributed by atoms with Crippen LogP contribution in [-0.2, 0) is 15.7 Å². The van der Waals surface area contributed by atoms with Crippen LogP contribution < -0.4 is 5.32 Å². The van der Waals surface area contributed by atoms with Crippen LogP contribution in [0.2, 0.25) is 10.0 Å². The first-order valence-electron chi connectivity index (χ1n) is 8.44. The highest BCUT2D eigenvalue weighted by Crippen LogP contribution is 2.38. The minimum absolute atomic E-state index is 0.0266. The predicted molar refractivity (Wildman–Crippen MR) is 113 cm³/mol. The number of amidine groups is 1. The maximum atomic E-state index is 13.0. The highest BCUT2D eigenvalue weighted by molar-refractivity contribution is 9.09. The maximum absolute atomic E-state index is 13.0. The largest absolute Gasteiger partial charge is 0.463 e. The summed E-state index contributed by atoms with van der Waals surface area (Å²) in [7, 11) is 0. The van der Waals surface area contributed by atoms with Crippen LogP contribution in [0.5, 0.6) is 0 Å². The first kappa shape index (κ1) is 23.1. The number of hydrogen-bond acceptors (Lipinski definition) is 6. The van der Waals surface area contributed by atoms with Gasteiger partial charge in [0.2, 0.25) is 0 Å². The highest BCUT2D eigenvalue weighted by Gasteiger charge is 2.36. The topological polar surface area (TPSA) is 63.6 Å². The van der Waals surface area contributed by atoms with Crippen molar-refractivity contribution >= 4 is 62.3 Å². The molecule has 2 aromatic rings. The summed E-state index contributed by atoms with van der Waals surface area (Å²) in [4.78, 5) is 20.8. The number of hydrogen-bond donors (Lipinski definition) is 1. The summed E-state index contributed by atoms with van der Waals surface area (Å²) in [5.74, 6) is -0.526. The zero-order chi connectivity index (χ0) is 22.1. The molecule has 1 aliphatic heterocycles. The zero-order valence-electron chi connectivity index (χ0n) is 15.2. The average Bonchev–Trinajstić information content (AvgIpc) is 3.18. The van der Waals surface area contributed by atoms with Crippen LogP contribution in [0.15, 0.2) is 39.8 Å². The Kier molecular flexibility index (Phi) is 7.11. The van der Waals surface area contributed by atoms with Gasteiger partial charge in [0.15, 0.2) is 16.5 Å². The molecule has 0 amide bonds. The van der Waals surface area contributed by atoms with Gasteiger partial charge < -0.3 is 10.1 Å². The van der Waals surface area contributed by atoms with E-state index in [1.54, 1.807) is 19.1 Å². The molecule has 0 saturated heterocycles. The molecule has 0 fully saturated rings. The number of halogens is 6. The number of aliphatic imine (C=N–C) groups is 1. The quantitative estimate of drug-likeness (QED) is 0.385. The number of nitrogens with zero attached hydrogens (tertiary/aromatic N) is 2. The Bertz CT molecular complexity index is 1040. The van der Waals surface area contributed by atoms with E-state index < -0.39 is 23.9 Å². The predicted octanol–water partition coefficient (Wildman–Crippen LogP) is 5.77. The van der Waals surface area contributed by atoms with Gasteiger partial charge in [0.25, 0.3) is 0 Å². The van der Waals surface area contributed by atoms with Gasteiger partial charge in [-0.1, -0.05) is 45.2 Å². The van der Waals surface area contributed by atoms with Crippen molar-refractivity contribution in [1.82, 2.24) is 10.3 Å². The van der Waals surface area contributed by atoms with Gasteiger partial charge in [0, 0.05) is 32.0 Å². The van der Waals surface area contributed by atoms with Gasteiger partial charge in [-0.05, 0) is 19.1 Å². The van der Waals surface area contributed by atoms with Gasteiger partial charge in [-0.15, -0.1) is 11.3 Å². The van der Waals surface area contributed by atoms with E-state index in [4.69, 9.17) is 27.9 Å². The van der Waals surface area contributed by atoms with Crippen LogP contribution in [0, 0.1) is 0 Å². The van der Waals surface area contributed by atoms with Gasteiger partial charge in [0.05, 0.1) is 12.2 Å². The second-order valence-corrected chi connectivity index (χ2v) is 8.22. The molecular formula is C18H13BrCl2F3N3O2S. The molecule has 1 aliphatic rings. The number of rotatable bonds is 5. The third kappa shape index (κ3) is 4.82. The monoisotopic (exact) mass is 541 g/mol. The van der Waals surface area contributed by atoms with Gasteiger partial charge in [0.1, 0.15) is 6.04 Å². The number of thiazole rings is 1. The third-order valence-electron chi connectivity index (χ3n) is 4.01. The minimum atomic E-state index is -4.58. The summed E-state index contributed by atoms with van der Waals surface area (Å²) in [6.45, 7) is 1.80. The number of carbonyl (C=O) groups excluding carboxylic acids is 1. The number of allylic oxidation sites excluding steroid dienone is 1. The number of ether oxygens (including phenoxy) is 1. The molecule has 0 radical (unpaired) electrons. The highest BCUT2D eigenvalue weighted by atomic mass is 79.9. The number of nitrogens with one attached hydrogen (secondary N) is 1. The number of esters is 1. The Hall–Kier alpha value is -1.62. The molecule has 3 rings (SSSR count). The van der Waals surface area contributed by atoms with Crippen LogP contribution in [0.3, 0.4) is 0 Å². The summed E-state index contributed by atoms with van der Waals surface area (Å²) in [5.41, 5.74) is 0.00957. The molecule has 0 saturated carbocycles. The standard InChI is InChI=1S/C18H13BrCl2F3N3O2S/c1-2-29-17(28)13-11(6-19)25-15(16-26-12(7-30-16)18(22,23)24)27-14(13)9-4-3-8(20)5-10(9)21/h3-5,7,14H,2,6H2,1H3,(H,25,27). The summed E-state index contributed by atoms with van der Waals surface area (Å²) in [6, 6.07) is 3.77. The Morgan fingerprint density at radius 2 is 2.10 bits per heavy atom. The van der Waals surface area contributed by atoms with Crippen molar-refractivity contribution in [2.45, 2.75) is 19.1 Å². The number of carbonyl (C=O) groups is 1. The lowest BCUT2D eigenvalue weighted by Crippen LogP contribution is -2.34. The normalized spacial score (nSPS) is 16.9. The number of aromatic nitrogens is 1. The van der Waals surface area contributed by atoms with Crippen molar-refractivity contribution in [3.8, 4) is 0 Å². The molecule has 1 N–H and O–H groups in total. The molecule has 1 aromatic carbocycles. The molecular weight excluding hydrogens is 530 g/mol. The van der Waals surface area contributed by atoms with E-state index in [9.17, 15) is 18.0 Å². The van der Waals surface area contributed by atoms with E-state index in [0.29, 0.717) is 16.3 Å². The summed E-state index contributed by atoms with van der Waals surface area (Å²) < 4.78 is 44.1. The summed E-state index contributed by atoms with van der Waals surface area (Å²) >= 11 is 16.4. The van der Waals surface area contributed by atoms with Crippen molar-refractivity contribution in [2.24, 2.45) is 4.99 Å². The maximum Gasteiger partial charge on any atom is 0.434 e. The van der Waals surface area contributed by atoms with Crippen LogP contribution in [0.25, 0.3) is 0 Å². The Balaban J connectivity index is 2.14. The summed E-state index contributed by atoms with van der Waals surface area (Å²) in [5, 5.41) is 4.66. The molecule has 0 bridgehead atoms. The van der Waals surface area contributed by atoms with Crippen molar-refractivity contribution in [1.29, 1.82) is 0 Å². The van der Waals surface area contributed by atoms with Gasteiger partial charge in [-0.3, -0.25) is 4.99 Å². The molecule has 1 unspecified atom stereocenters. The molecule has 0 spiro atoms. The second-order valence-electron chi connectivity index (χ2n) is 5.95. The lowest BCUT2D eigenvalue weighted by Gasteiger charge is -2.26. The van der Waals surface area contributed by atoms with Crippen molar-refractivity contribution in [3.63, 3.8) is 0 Å². The second kappa shape index (κ2) is 9.25. The minimum Gasteiger partial charge on any atom is -0.463 e. The fraction of sp³-hybridized carbons (Fsp3) is 0.278. The van der Waals surface area contributed by atoms with Crippen LogP contribution >= 0.6 is 50.5 Å². The SMILES string of the molecule is CCOC(=O)C1=C(CBr)NC(c2nc(C(F)(F)F)cs2)=NC1c1ccc(Cl)cc1Cl. The molecule has 5 nitrogen and oxygen atoms in total. The molecule has 12 heteroatoms. The molecule has 2 heterocycles. The van der Waals surface area contributed by atoms with Crippen LogP contribution in [0.4, 0.5) is 13.2 Å². The van der Waals surface area contributed by atoms with E-state index in [1.165, 1.54) is 6.07 Å². The zero-order valence-corrected chi connectivity index (χ0v) is 19.1. The first-order valence-corrected chi connectivity index (χ1v) is 11.2. The number of benzene rings is 1. The Morgan fingerprint density at radius 3 is 2.67 bits per heavy atom. The van der Waals surface area contributed by atoms with E-state index in [1.807, 2.05) is 0 Å². The molecule has 30 heavy (non-hydrogen) atoms. The van der Waals surface area contributed by atoms with Crippen molar-refractivity contribution in [3.05, 3.63) is 61.2 Å². The fourth-order valence-corrected chi connectivity index (χ4v) is 4.45. The molecule has 160 valence electrons. The van der Waals surface area contributed by atoms with E-state index in [0.717, 1.165) is 16.7 Å². The van der Waals surface area contributed by atoms with E-state index in [2.05, 4.69) is 31.2 Å². The fourth-order valence-electron chi connectivity index (χ4n) is 2.72. The van der Waals surface area contributed by atoms with Crippen LogP contribution in [0.1, 0.15) is 29.2 Å².